The van der Waals surface area contributed by atoms with Crippen molar-refractivity contribution >= 4 is 34.2 Å². The Balaban J connectivity index is 2.57. The summed E-state index contributed by atoms with van der Waals surface area (Å²) in [5.41, 5.74) is 1.67. The quantitative estimate of drug-likeness (QED) is 0.717. The molecule has 1 aromatic carbocycles. The van der Waals surface area contributed by atoms with Crippen molar-refractivity contribution in [2.45, 2.75) is 20.4 Å². The van der Waals surface area contributed by atoms with E-state index in [1.165, 1.54) is 0 Å². The zero-order valence-electron chi connectivity index (χ0n) is 11.3. The van der Waals surface area contributed by atoms with Crippen molar-refractivity contribution in [3.05, 3.63) is 49.3 Å². The summed E-state index contributed by atoms with van der Waals surface area (Å²) in [5, 5.41) is 0.582. The predicted molar refractivity (Wildman–Crippen MR) is 90.7 cm³/mol. The average molecular weight is 404 g/mol. The molecule has 1 heterocycles. The molecule has 5 heteroatoms. The van der Waals surface area contributed by atoms with Gasteiger partial charge in [-0.3, -0.25) is 4.79 Å². The summed E-state index contributed by atoms with van der Waals surface area (Å²) in [7, 11) is 0. The lowest BCUT2D eigenvalue weighted by Crippen LogP contribution is -2.22. The predicted octanol–water partition coefficient (Wildman–Crippen LogP) is 4.19. The van der Waals surface area contributed by atoms with E-state index in [4.69, 9.17) is 16.3 Å². The van der Waals surface area contributed by atoms with Crippen molar-refractivity contribution < 1.29 is 4.74 Å². The van der Waals surface area contributed by atoms with Gasteiger partial charge in [-0.1, -0.05) is 11.6 Å². The van der Waals surface area contributed by atoms with Gasteiger partial charge in [0, 0.05) is 12.1 Å². The van der Waals surface area contributed by atoms with E-state index < -0.39 is 0 Å². The summed E-state index contributed by atoms with van der Waals surface area (Å²) >= 11 is 8.37. The molecule has 0 bridgehead atoms. The minimum Gasteiger partial charge on any atom is -0.494 e. The summed E-state index contributed by atoms with van der Waals surface area (Å²) in [6.45, 7) is 5.08. The molecule has 0 radical (unpaired) electrons. The van der Waals surface area contributed by atoms with Crippen LogP contribution in [0.3, 0.4) is 0 Å². The molecule has 0 aliphatic rings. The molecule has 0 saturated carbocycles. The van der Waals surface area contributed by atoms with Gasteiger partial charge < -0.3 is 9.30 Å². The molecule has 106 valence electrons. The largest absolute Gasteiger partial charge is 0.494 e. The molecule has 0 aliphatic carbocycles. The van der Waals surface area contributed by atoms with E-state index in [0.717, 1.165) is 17.0 Å². The molecule has 20 heavy (non-hydrogen) atoms. The van der Waals surface area contributed by atoms with Crippen LogP contribution in [-0.4, -0.2) is 11.2 Å². The lowest BCUT2D eigenvalue weighted by atomic mass is 10.1. The Morgan fingerprint density at radius 1 is 1.25 bits per heavy atom. The number of ether oxygens (including phenoxy) is 1. The van der Waals surface area contributed by atoms with E-state index in [1.807, 2.05) is 60.7 Å². The molecule has 0 amide bonds. The first-order chi connectivity index (χ1) is 9.58. The van der Waals surface area contributed by atoms with Gasteiger partial charge in [-0.2, -0.15) is 0 Å². The summed E-state index contributed by atoms with van der Waals surface area (Å²) < 4.78 is 7.85. The van der Waals surface area contributed by atoms with E-state index in [-0.39, 0.29) is 5.56 Å². The summed E-state index contributed by atoms with van der Waals surface area (Å²) in [6.07, 6.45) is 0. The second-order valence-corrected chi connectivity index (χ2v) is 5.76. The SMILES string of the molecule is CCOc1ccc(-c2ccc(I)c(=O)n2CC)c(Cl)c1. The Labute approximate surface area is 136 Å². The second-order valence-electron chi connectivity index (χ2n) is 4.19. The van der Waals surface area contributed by atoms with Gasteiger partial charge >= 0.3 is 0 Å². The number of benzene rings is 1. The molecule has 0 saturated heterocycles. The topological polar surface area (TPSA) is 31.2 Å². The molecule has 0 fully saturated rings. The van der Waals surface area contributed by atoms with Crippen LogP contribution in [0.1, 0.15) is 13.8 Å². The molecule has 0 aliphatic heterocycles. The third kappa shape index (κ3) is 3.01. The Bertz CT molecular complexity index is 682. The van der Waals surface area contributed by atoms with Gasteiger partial charge in [0.25, 0.3) is 5.56 Å². The minimum absolute atomic E-state index is 0.00977. The lowest BCUT2D eigenvalue weighted by Gasteiger charge is -2.13. The molecule has 3 nitrogen and oxygen atoms in total. The number of halogens is 2. The van der Waals surface area contributed by atoms with Gasteiger partial charge in [0.15, 0.2) is 0 Å². The van der Waals surface area contributed by atoms with Crippen molar-refractivity contribution in [3.8, 4) is 17.0 Å². The lowest BCUT2D eigenvalue weighted by molar-refractivity contribution is 0.340. The molecular formula is C15H15ClINO2. The second kappa shape index (κ2) is 6.63. The highest BCUT2D eigenvalue weighted by Gasteiger charge is 2.11. The number of pyridine rings is 1. The zero-order chi connectivity index (χ0) is 14.7. The van der Waals surface area contributed by atoms with Gasteiger partial charge in [0.2, 0.25) is 0 Å². The van der Waals surface area contributed by atoms with E-state index in [0.29, 0.717) is 21.7 Å². The molecule has 0 unspecified atom stereocenters. The van der Waals surface area contributed by atoms with Crippen molar-refractivity contribution in [1.82, 2.24) is 4.57 Å². The highest BCUT2D eigenvalue weighted by Crippen LogP contribution is 2.30. The fourth-order valence-corrected chi connectivity index (χ4v) is 2.80. The number of rotatable bonds is 4. The Hall–Kier alpha value is -1.01. The zero-order valence-corrected chi connectivity index (χ0v) is 14.2. The minimum atomic E-state index is 0.00977. The third-order valence-corrected chi connectivity index (χ3v) is 4.11. The van der Waals surface area contributed by atoms with E-state index in [2.05, 4.69) is 0 Å². The van der Waals surface area contributed by atoms with Crippen LogP contribution in [0, 0.1) is 3.57 Å². The van der Waals surface area contributed by atoms with Gasteiger partial charge in [0.05, 0.1) is 20.9 Å². The molecule has 0 atom stereocenters. The maximum Gasteiger partial charge on any atom is 0.264 e. The Kier molecular flexibility index (Phi) is 5.10. The fraction of sp³-hybridized carbons (Fsp3) is 0.267. The monoisotopic (exact) mass is 403 g/mol. The van der Waals surface area contributed by atoms with Gasteiger partial charge in [0.1, 0.15) is 5.75 Å². The van der Waals surface area contributed by atoms with Crippen LogP contribution >= 0.6 is 34.2 Å². The van der Waals surface area contributed by atoms with Crippen LogP contribution in [0.15, 0.2) is 35.1 Å². The van der Waals surface area contributed by atoms with Crippen molar-refractivity contribution in [3.63, 3.8) is 0 Å². The molecule has 0 N–H and O–H groups in total. The van der Waals surface area contributed by atoms with E-state index in [1.54, 1.807) is 10.6 Å². The standard InChI is InChI=1S/C15H15ClINO2/c1-3-18-14(8-7-13(17)15(18)19)11-6-5-10(20-4-2)9-12(11)16/h5-9H,3-4H2,1-2H3. The van der Waals surface area contributed by atoms with Crippen LogP contribution in [0.2, 0.25) is 5.02 Å². The number of aromatic nitrogens is 1. The first-order valence-electron chi connectivity index (χ1n) is 6.40. The average Bonchev–Trinajstić information content (AvgIpc) is 2.43. The van der Waals surface area contributed by atoms with Crippen molar-refractivity contribution in [1.29, 1.82) is 0 Å². The maximum absolute atomic E-state index is 12.2. The van der Waals surface area contributed by atoms with Crippen molar-refractivity contribution in [2.75, 3.05) is 6.61 Å². The van der Waals surface area contributed by atoms with E-state index in [9.17, 15) is 4.79 Å². The van der Waals surface area contributed by atoms with E-state index >= 15 is 0 Å². The van der Waals surface area contributed by atoms with Crippen molar-refractivity contribution in [2.24, 2.45) is 0 Å². The first kappa shape index (κ1) is 15.4. The highest BCUT2D eigenvalue weighted by atomic mass is 127. The molecule has 2 rings (SSSR count). The van der Waals surface area contributed by atoms with Crippen LogP contribution < -0.4 is 10.3 Å². The number of hydrogen-bond acceptors (Lipinski definition) is 2. The first-order valence-corrected chi connectivity index (χ1v) is 7.86. The summed E-state index contributed by atoms with van der Waals surface area (Å²) in [4.78, 5) is 12.2. The molecule has 0 spiro atoms. The Morgan fingerprint density at radius 2 is 2.00 bits per heavy atom. The normalized spacial score (nSPS) is 10.6. The summed E-state index contributed by atoms with van der Waals surface area (Å²) in [5.74, 6) is 0.733. The Morgan fingerprint density at radius 3 is 2.60 bits per heavy atom. The van der Waals surface area contributed by atoms with Gasteiger partial charge in [-0.05, 0) is 66.8 Å². The van der Waals surface area contributed by atoms with Crippen LogP contribution in [0.4, 0.5) is 0 Å². The van der Waals surface area contributed by atoms with Crippen LogP contribution in [-0.2, 0) is 6.54 Å². The van der Waals surface area contributed by atoms with Crippen LogP contribution in [0.5, 0.6) is 5.75 Å². The smallest absolute Gasteiger partial charge is 0.264 e. The number of nitrogens with zero attached hydrogens (tertiary/aromatic N) is 1. The van der Waals surface area contributed by atoms with Gasteiger partial charge in [-0.15, -0.1) is 0 Å². The van der Waals surface area contributed by atoms with Gasteiger partial charge in [-0.25, -0.2) is 0 Å². The molecule has 1 aromatic heterocycles. The third-order valence-electron chi connectivity index (χ3n) is 2.97. The van der Waals surface area contributed by atoms with Crippen LogP contribution in [0.25, 0.3) is 11.3 Å². The maximum atomic E-state index is 12.2. The summed E-state index contributed by atoms with van der Waals surface area (Å²) in [6, 6.07) is 9.28. The fourth-order valence-electron chi connectivity index (χ4n) is 2.06. The number of hydrogen-bond donors (Lipinski definition) is 0. The molecular weight excluding hydrogens is 389 g/mol. The highest BCUT2D eigenvalue weighted by molar-refractivity contribution is 14.1. The molecule has 2 aromatic rings.